The second-order valence-corrected chi connectivity index (χ2v) is 4.59. The molecule has 2 rings (SSSR count). The number of aryl methyl sites for hydroxylation is 1. The van der Waals surface area contributed by atoms with Gasteiger partial charge in [0.15, 0.2) is 0 Å². The average molecular weight is 229 g/mol. The molecule has 1 aromatic heterocycles. The zero-order valence-corrected chi connectivity index (χ0v) is 10.5. The molecule has 17 heavy (non-hydrogen) atoms. The number of aliphatic hydroxyl groups excluding tert-OH is 1. The van der Waals surface area contributed by atoms with Gasteiger partial charge in [-0.1, -0.05) is 31.5 Å². The van der Waals surface area contributed by atoms with Crippen LogP contribution in [0.15, 0.2) is 30.3 Å². The van der Waals surface area contributed by atoms with Crippen molar-refractivity contribution < 1.29 is 5.11 Å². The Morgan fingerprint density at radius 2 is 2.06 bits per heavy atom. The topological polar surface area (TPSA) is 33.1 Å². The molecule has 0 fully saturated rings. The van der Waals surface area contributed by atoms with Gasteiger partial charge in [-0.2, -0.15) is 0 Å². The third kappa shape index (κ3) is 2.83. The summed E-state index contributed by atoms with van der Waals surface area (Å²) in [5.74, 6) is 0. The van der Waals surface area contributed by atoms with E-state index in [2.05, 4.69) is 24.0 Å². The second-order valence-electron chi connectivity index (χ2n) is 4.59. The number of hydrogen-bond acceptors (Lipinski definition) is 2. The lowest BCUT2D eigenvalue weighted by molar-refractivity contribution is 0.164. The number of aromatic nitrogens is 1. The zero-order chi connectivity index (χ0) is 12.3. The number of rotatable bonds is 4. The van der Waals surface area contributed by atoms with E-state index in [0.717, 1.165) is 35.9 Å². The average Bonchev–Trinajstić information content (AvgIpc) is 2.29. The van der Waals surface area contributed by atoms with Crippen molar-refractivity contribution >= 4 is 10.9 Å². The maximum atomic E-state index is 9.93. The van der Waals surface area contributed by atoms with Crippen molar-refractivity contribution in [3.05, 3.63) is 41.6 Å². The summed E-state index contributed by atoms with van der Waals surface area (Å²) in [5.41, 5.74) is 3.24. The number of hydrogen-bond donors (Lipinski definition) is 1. The molecule has 1 N–H and O–H groups in total. The van der Waals surface area contributed by atoms with Gasteiger partial charge in [0.1, 0.15) is 0 Å². The van der Waals surface area contributed by atoms with Crippen molar-refractivity contribution in [1.82, 2.24) is 4.98 Å². The molecule has 2 aromatic rings. The monoisotopic (exact) mass is 229 g/mol. The molecule has 1 atom stereocenters. The summed E-state index contributed by atoms with van der Waals surface area (Å²) in [5, 5.41) is 11.1. The van der Waals surface area contributed by atoms with Gasteiger partial charge in [-0.15, -0.1) is 0 Å². The minimum absolute atomic E-state index is 0.245. The second kappa shape index (κ2) is 5.28. The fourth-order valence-electron chi connectivity index (χ4n) is 2.25. The molecule has 0 aliphatic rings. The molecular formula is C15H19NO. The van der Waals surface area contributed by atoms with E-state index in [-0.39, 0.29) is 6.10 Å². The summed E-state index contributed by atoms with van der Waals surface area (Å²) in [6.07, 6.45) is 2.35. The van der Waals surface area contributed by atoms with Crippen molar-refractivity contribution in [3.63, 3.8) is 0 Å². The van der Waals surface area contributed by atoms with Crippen LogP contribution in [-0.4, -0.2) is 16.2 Å². The van der Waals surface area contributed by atoms with Gasteiger partial charge in [-0.05, 0) is 37.5 Å². The summed E-state index contributed by atoms with van der Waals surface area (Å²) in [4.78, 5) is 4.51. The van der Waals surface area contributed by atoms with Gasteiger partial charge in [0, 0.05) is 11.1 Å². The molecule has 0 bridgehead atoms. The van der Waals surface area contributed by atoms with Gasteiger partial charge in [-0.25, -0.2) is 0 Å². The predicted molar refractivity (Wildman–Crippen MR) is 71.1 cm³/mol. The van der Waals surface area contributed by atoms with Gasteiger partial charge in [0.25, 0.3) is 0 Å². The van der Waals surface area contributed by atoms with Gasteiger partial charge >= 0.3 is 0 Å². The minimum Gasteiger partial charge on any atom is -0.393 e. The van der Waals surface area contributed by atoms with Crippen LogP contribution >= 0.6 is 0 Å². The lowest BCUT2D eigenvalue weighted by Crippen LogP contribution is -2.10. The zero-order valence-electron chi connectivity index (χ0n) is 10.5. The minimum atomic E-state index is -0.245. The van der Waals surface area contributed by atoms with E-state index in [0.29, 0.717) is 0 Å². The van der Waals surface area contributed by atoms with E-state index >= 15 is 0 Å². The van der Waals surface area contributed by atoms with Gasteiger partial charge in [0.05, 0.1) is 11.6 Å². The van der Waals surface area contributed by atoms with E-state index in [4.69, 9.17) is 0 Å². The van der Waals surface area contributed by atoms with Crippen molar-refractivity contribution in [2.45, 2.75) is 39.2 Å². The number of benzene rings is 1. The molecule has 1 unspecified atom stereocenters. The van der Waals surface area contributed by atoms with Crippen LogP contribution in [0.2, 0.25) is 0 Å². The Morgan fingerprint density at radius 1 is 1.29 bits per heavy atom. The van der Waals surface area contributed by atoms with Crippen LogP contribution in [0.4, 0.5) is 0 Å². The number of pyridine rings is 1. The van der Waals surface area contributed by atoms with Gasteiger partial charge in [-0.3, -0.25) is 4.98 Å². The summed E-state index contributed by atoms with van der Waals surface area (Å²) in [6, 6.07) is 10.2. The number of fused-ring (bicyclic) bond motifs is 1. The predicted octanol–water partition coefficient (Wildman–Crippen LogP) is 3.25. The Kier molecular flexibility index (Phi) is 3.75. The van der Waals surface area contributed by atoms with E-state index in [1.54, 1.807) is 0 Å². The fourth-order valence-corrected chi connectivity index (χ4v) is 2.25. The van der Waals surface area contributed by atoms with Crippen LogP contribution in [0, 0.1) is 6.92 Å². The first kappa shape index (κ1) is 12.1. The molecule has 1 aromatic carbocycles. The highest BCUT2D eigenvalue weighted by Crippen LogP contribution is 2.20. The third-order valence-corrected chi connectivity index (χ3v) is 3.01. The van der Waals surface area contributed by atoms with Crippen LogP contribution in [0.5, 0.6) is 0 Å². The molecule has 0 aliphatic heterocycles. The molecule has 0 aliphatic carbocycles. The molecule has 1 heterocycles. The first-order valence-electron chi connectivity index (χ1n) is 6.24. The number of nitrogens with zero attached hydrogens (tertiary/aromatic N) is 1. The Hall–Kier alpha value is -1.41. The van der Waals surface area contributed by atoms with Crippen LogP contribution in [0.3, 0.4) is 0 Å². The highest BCUT2D eigenvalue weighted by molar-refractivity contribution is 5.82. The largest absolute Gasteiger partial charge is 0.393 e. The van der Waals surface area contributed by atoms with Crippen molar-refractivity contribution in [3.8, 4) is 0 Å². The Labute approximate surface area is 102 Å². The first-order chi connectivity index (χ1) is 8.20. The molecule has 0 radical (unpaired) electrons. The van der Waals surface area contributed by atoms with Crippen LogP contribution in [0.25, 0.3) is 10.9 Å². The summed E-state index contributed by atoms with van der Waals surface area (Å²) in [6.45, 7) is 4.10. The van der Waals surface area contributed by atoms with Crippen molar-refractivity contribution in [2.75, 3.05) is 0 Å². The highest BCUT2D eigenvalue weighted by Gasteiger charge is 2.08. The molecular weight excluding hydrogens is 210 g/mol. The van der Waals surface area contributed by atoms with E-state index < -0.39 is 0 Å². The smallest absolute Gasteiger partial charge is 0.0707 e. The van der Waals surface area contributed by atoms with Crippen molar-refractivity contribution in [1.29, 1.82) is 0 Å². The summed E-state index contributed by atoms with van der Waals surface area (Å²) >= 11 is 0. The Morgan fingerprint density at radius 3 is 2.82 bits per heavy atom. The van der Waals surface area contributed by atoms with Crippen molar-refractivity contribution in [2.24, 2.45) is 0 Å². The molecule has 0 amide bonds. The maximum absolute atomic E-state index is 9.93. The highest BCUT2D eigenvalue weighted by atomic mass is 16.3. The maximum Gasteiger partial charge on any atom is 0.0707 e. The summed E-state index contributed by atoms with van der Waals surface area (Å²) in [7, 11) is 0. The molecule has 90 valence electrons. The summed E-state index contributed by atoms with van der Waals surface area (Å²) < 4.78 is 0. The SMILES string of the molecule is CCCC(O)Cc1cc(C)nc2ccccc12. The van der Waals surface area contributed by atoms with Gasteiger partial charge in [0.2, 0.25) is 0 Å². The first-order valence-corrected chi connectivity index (χ1v) is 6.24. The quantitative estimate of drug-likeness (QED) is 0.873. The Bertz CT molecular complexity index is 507. The van der Waals surface area contributed by atoms with Crippen LogP contribution in [0.1, 0.15) is 31.0 Å². The van der Waals surface area contributed by atoms with E-state index in [1.165, 1.54) is 5.56 Å². The molecule has 0 spiro atoms. The van der Waals surface area contributed by atoms with E-state index in [9.17, 15) is 5.11 Å². The van der Waals surface area contributed by atoms with Gasteiger partial charge < -0.3 is 5.11 Å². The number of para-hydroxylation sites is 1. The Balaban J connectivity index is 2.38. The lowest BCUT2D eigenvalue weighted by atomic mass is 10.00. The molecule has 0 saturated heterocycles. The van der Waals surface area contributed by atoms with Crippen LogP contribution in [-0.2, 0) is 6.42 Å². The normalized spacial score (nSPS) is 12.9. The molecule has 2 heteroatoms. The molecule has 0 saturated carbocycles. The third-order valence-electron chi connectivity index (χ3n) is 3.01. The number of aliphatic hydroxyl groups is 1. The standard InChI is InChI=1S/C15H19NO/c1-3-6-13(17)10-12-9-11(2)16-15-8-5-4-7-14(12)15/h4-5,7-9,13,17H,3,6,10H2,1-2H3. The van der Waals surface area contributed by atoms with Crippen LogP contribution < -0.4 is 0 Å². The fraction of sp³-hybridized carbons (Fsp3) is 0.400. The molecule has 2 nitrogen and oxygen atoms in total. The lowest BCUT2D eigenvalue weighted by Gasteiger charge is -2.12. The van der Waals surface area contributed by atoms with E-state index in [1.807, 2.05) is 25.1 Å².